The SMILES string of the molecule is Cc1nc(NCc2ccc(F)cc2)sc1C(=O)[O-]. The second-order valence-corrected chi connectivity index (χ2v) is 4.70. The van der Waals surface area contributed by atoms with Gasteiger partial charge in [0.1, 0.15) is 5.82 Å². The predicted molar refractivity (Wildman–Crippen MR) is 64.9 cm³/mol. The van der Waals surface area contributed by atoms with E-state index in [0.29, 0.717) is 17.4 Å². The van der Waals surface area contributed by atoms with Gasteiger partial charge in [0, 0.05) is 6.54 Å². The van der Waals surface area contributed by atoms with E-state index in [4.69, 9.17) is 0 Å². The molecule has 2 aromatic rings. The maximum Gasteiger partial charge on any atom is 0.183 e. The number of aryl methyl sites for hydroxylation is 1. The van der Waals surface area contributed by atoms with E-state index in [-0.39, 0.29) is 10.7 Å². The third-order valence-corrected chi connectivity index (χ3v) is 3.43. The summed E-state index contributed by atoms with van der Waals surface area (Å²) in [4.78, 5) is 14.9. The zero-order valence-corrected chi connectivity index (χ0v) is 10.4. The van der Waals surface area contributed by atoms with Gasteiger partial charge >= 0.3 is 0 Å². The maximum atomic E-state index is 12.7. The second kappa shape index (κ2) is 5.14. The number of anilines is 1. The third-order valence-electron chi connectivity index (χ3n) is 2.34. The van der Waals surface area contributed by atoms with Crippen LogP contribution in [0.4, 0.5) is 9.52 Å². The molecule has 2 rings (SSSR count). The molecule has 18 heavy (non-hydrogen) atoms. The van der Waals surface area contributed by atoms with Crippen molar-refractivity contribution in [1.29, 1.82) is 0 Å². The van der Waals surface area contributed by atoms with E-state index < -0.39 is 5.97 Å². The fraction of sp³-hybridized carbons (Fsp3) is 0.167. The smallest absolute Gasteiger partial charge is 0.183 e. The van der Waals surface area contributed by atoms with Crippen LogP contribution in [-0.2, 0) is 6.54 Å². The third kappa shape index (κ3) is 2.84. The molecule has 6 heteroatoms. The topological polar surface area (TPSA) is 65.0 Å². The Balaban J connectivity index is 2.04. The number of hydrogen-bond acceptors (Lipinski definition) is 5. The lowest BCUT2D eigenvalue weighted by Gasteiger charge is -2.02. The summed E-state index contributed by atoms with van der Waals surface area (Å²) < 4.78 is 12.7. The standard InChI is InChI=1S/C12H11FN2O2S/c1-7-10(11(16)17)18-12(15-7)14-6-8-2-4-9(13)5-3-8/h2-5H,6H2,1H3,(H,14,15)(H,16,17)/p-1. The Labute approximate surface area is 107 Å². The van der Waals surface area contributed by atoms with Gasteiger partial charge in [-0.2, -0.15) is 0 Å². The normalized spacial score (nSPS) is 10.3. The largest absolute Gasteiger partial charge is 0.544 e. The quantitative estimate of drug-likeness (QED) is 0.911. The molecule has 94 valence electrons. The number of aromatic nitrogens is 1. The van der Waals surface area contributed by atoms with Crippen LogP contribution in [0.5, 0.6) is 0 Å². The van der Waals surface area contributed by atoms with Crippen LogP contribution >= 0.6 is 11.3 Å². The average molecular weight is 265 g/mol. The molecule has 0 aliphatic carbocycles. The number of aromatic carboxylic acids is 1. The molecule has 0 saturated carbocycles. The van der Waals surface area contributed by atoms with Crippen LogP contribution in [-0.4, -0.2) is 11.0 Å². The van der Waals surface area contributed by atoms with Gasteiger partial charge in [0.25, 0.3) is 0 Å². The number of thiazole rings is 1. The number of carboxylic acid groups (broad SMARTS) is 1. The van der Waals surface area contributed by atoms with Crippen LogP contribution in [0.3, 0.4) is 0 Å². The highest BCUT2D eigenvalue weighted by atomic mass is 32.1. The lowest BCUT2D eigenvalue weighted by Crippen LogP contribution is -2.21. The zero-order valence-electron chi connectivity index (χ0n) is 9.57. The monoisotopic (exact) mass is 265 g/mol. The lowest BCUT2D eigenvalue weighted by molar-refractivity contribution is -0.254. The highest BCUT2D eigenvalue weighted by Crippen LogP contribution is 2.22. The summed E-state index contributed by atoms with van der Waals surface area (Å²) in [5.74, 6) is -1.51. The minimum absolute atomic E-state index is 0.122. The first kappa shape index (κ1) is 12.5. The van der Waals surface area contributed by atoms with Crippen LogP contribution in [0.1, 0.15) is 20.9 Å². The molecule has 1 N–H and O–H groups in total. The van der Waals surface area contributed by atoms with Crippen molar-refractivity contribution in [3.05, 3.63) is 46.2 Å². The number of carbonyl (C=O) groups is 1. The van der Waals surface area contributed by atoms with Crippen molar-refractivity contribution >= 4 is 22.4 Å². The van der Waals surface area contributed by atoms with Gasteiger partial charge < -0.3 is 15.2 Å². The average Bonchev–Trinajstić information content (AvgIpc) is 2.70. The summed E-state index contributed by atoms with van der Waals surface area (Å²) in [5.41, 5.74) is 1.32. The Bertz CT molecular complexity index is 566. The van der Waals surface area contributed by atoms with Gasteiger partial charge in [0.2, 0.25) is 0 Å². The molecule has 0 fully saturated rings. The Morgan fingerprint density at radius 2 is 2.11 bits per heavy atom. The molecule has 0 radical (unpaired) electrons. The molecule has 1 aromatic carbocycles. The van der Waals surface area contributed by atoms with Gasteiger partial charge in [0.15, 0.2) is 5.13 Å². The van der Waals surface area contributed by atoms with E-state index in [9.17, 15) is 14.3 Å². The lowest BCUT2D eigenvalue weighted by atomic mass is 10.2. The van der Waals surface area contributed by atoms with Gasteiger partial charge in [-0.1, -0.05) is 23.5 Å². The number of halogens is 1. The molecular formula is C12H10FN2O2S-. The van der Waals surface area contributed by atoms with E-state index in [0.717, 1.165) is 16.9 Å². The van der Waals surface area contributed by atoms with Gasteiger partial charge in [-0.05, 0) is 24.6 Å². The number of nitrogens with one attached hydrogen (secondary N) is 1. The van der Waals surface area contributed by atoms with Crippen LogP contribution < -0.4 is 10.4 Å². The number of benzene rings is 1. The first-order valence-electron chi connectivity index (χ1n) is 5.23. The fourth-order valence-corrected chi connectivity index (χ4v) is 2.24. The van der Waals surface area contributed by atoms with Gasteiger partial charge in [-0.15, -0.1) is 0 Å². The molecule has 0 aliphatic rings. The second-order valence-electron chi connectivity index (χ2n) is 3.70. The minimum Gasteiger partial charge on any atom is -0.544 e. The van der Waals surface area contributed by atoms with Crippen LogP contribution in [0.15, 0.2) is 24.3 Å². The van der Waals surface area contributed by atoms with Crippen molar-refractivity contribution < 1.29 is 14.3 Å². The molecular weight excluding hydrogens is 255 g/mol. The first-order chi connectivity index (χ1) is 8.56. The molecule has 0 aliphatic heterocycles. The number of nitrogens with zero attached hydrogens (tertiary/aromatic N) is 1. The summed E-state index contributed by atoms with van der Waals surface area (Å²) in [7, 11) is 0. The van der Waals surface area contributed by atoms with E-state index in [1.54, 1.807) is 19.1 Å². The van der Waals surface area contributed by atoms with Gasteiger partial charge in [-0.25, -0.2) is 9.37 Å². The van der Waals surface area contributed by atoms with Crippen LogP contribution in [0.25, 0.3) is 0 Å². The Kier molecular flexibility index (Phi) is 3.57. The number of carbonyl (C=O) groups excluding carboxylic acids is 1. The van der Waals surface area contributed by atoms with Crippen molar-refractivity contribution in [2.45, 2.75) is 13.5 Å². The highest BCUT2D eigenvalue weighted by molar-refractivity contribution is 7.17. The Morgan fingerprint density at radius 1 is 1.44 bits per heavy atom. The van der Waals surface area contributed by atoms with E-state index in [2.05, 4.69) is 10.3 Å². The summed E-state index contributed by atoms with van der Waals surface area (Å²) >= 11 is 1.03. The Hall–Kier alpha value is -1.95. The summed E-state index contributed by atoms with van der Waals surface area (Å²) in [6.45, 7) is 2.07. The summed E-state index contributed by atoms with van der Waals surface area (Å²) in [6.07, 6.45) is 0. The van der Waals surface area contributed by atoms with Crippen molar-refractivity contribution in [2.24, 2.45) is 0 Å². The van der Waals surface area contributed by atoms with Crippen molar-refractivity contribution in [3.63, 3.8) is 0 Å². The molecule has 0 bridgehead atoms. The summed E-state index contributed by atoms with van der Waals surface area (Å²) in [5, 5.41) is 14.2. The maximum absolute atomic E-state index is 12.7. The van der Waals surface area contributed by atoms with E-state index in [1.807, 2.05) is 0 Å². The molecule has 0 saturated heterocycles. The number of rotatable bonds is 4. The number of hydrogen-bond donors (Lipinski definition) is 1. The molecule has 4 nitrogen and oxygen atoms in total. The van der Waals surface area contributed by atoms with Crippen molar-refractivity contribution in [1.82, 2.24) is 4.98 Å². The summed E-state index contributed by atoms with van der Waals surface area (Å²) in [6, 6.07) is 6.05. The van der Waals surface area contributed by atoms with Crippen LogP contribution in [0, 0.1) is 12.7 Å². The van der Waals surface area contributed by atoms with Gasteiger partial charge in [-0.3, -0.25) is 0 Å². The Morgan fingerprint density at radius 3 is 2.67 bits per heavy atom. The molecule has 0 amide bonds. The molecule has 0 spiro atoms. The zero-order chi connectivity index (χ0) is 13.1. The van der Waals surface area contributed by atoms with E-state index in [1.165, 1.54) is 12.1 Å². The van der Waals surface area contributed by atoms with Crippen molar-refractivity contribution in [2.75, 3.05) is 5.32 Å². The molecule has 1 heterocycles. The predicted octanol–water partition coefficient (Wildman–Crippen LogP) is 1.57. The molecule has 0 atom stereocenters. The first-order valence-corrected chi connectivity index (χ1v) is 6.05. The number of carboxylic acids is 1. The highest BCUT2D eigenvalue weighted by Gasteiger charge is 2.07. The molecule has 1 aromatic heterocycles. The van der Waals surface area contributed by atoms with Crippen LogP contribution in [0.2, 0.25) is 0 Å². The van der Waals surface area contributed by atoms with E-state index >= 15 is 0 Å². The fourth-order valence-electron chi connectivity index (χ4n) is 1.44. The van der Waals surface area contributed by atoms with Crippen molar-refractivity contribution in [3.8, 4) is 0 Å². The minimum atomic E-state index is -1.22. The molecule has 0 unspecified atom stereocenters. The van der Waals surface area contributed by atoms with Gasteiger partial charge in [0.05, 0.1) is 16.5 Å².